The predicted octanol–water partition coefficient (Wildman–Crippen LogP) is 3.42. The first-order chi connectivity index (χ1) is 8.43. The van der Waals surface area contributed by atoms with Crippen LogP contribution >= 0.6 is 0 Å². The first kappa shape index (κ1) is 13.8. The zero-order valence-corrected chi connectivity index (χ0v) is 10.9. The number of rotatable bonds is 9. The van der Waals surface area contributed by atoms with Crippen molar-refractivity contribution >= 4 is 0 Å². The van der Waals surface area contributed by atoms with Gasteiger partial charge < -0.3 is 0 Å². The highest BCUT2D eigenvalue weighted by Crippen LogP contribution is 2.08. The van der Waals surface area contributed by atoms with Crippen molar-refractivity contribution in [3.63, 3.8) is 0 Å². The molecule has 0 aliphatic heterocycles. The molecular formula is C14H23N3. The van der Waals surface area contributed by atoms with Gasteiger partial charge >= 0.3 is 0 Å². The molecule has 94 valence electrons. The molecule has 0 unspecified atom stereocenters. The zero-order valence-electron chi connectivity index (χ0n) is 10.9. The van der Waals surface area contributed by atoms with E-state index in [1.54, 1.807) is 6.20 Å². The second kappa shape index (κ2) is 9.89. The average Bonchev–Trinajstić information content (AvgIpc) is 2.85. The maximum atomic E-state index is 3.95. The molecule has 0 N–H and O–H groups in total. The fraction of sp³-hybridized carbons (Fsp3) is 0.714. The Morgan fingerprint density at radius 3 is 2.35 bits per heavy atom. The standard InChI is InChI=1S/C14H23N3/c1-2-3-4-5-6-7-8-9-10-11-13-17-14-12-15-16-17/h12,14H,4-11,13H2,1H3. The summed E-state index contributed by atoms with van der Waals surface area (Å²) in [4.78, 5) is 0. The second-order valence-electron chi connectivity index (χ2n) is 4.32. The Kier molecular flexibility index (Phi) is 8.01. The molecule has 0 saturated heterocycles. The van der Waals surface area contributed by atoms with E-state index in [9.17, 15) is 0 Å². The number of aromatic nitrogens is 3. The van der Waals surface area contributed by atoms with Crippen LogP contribution in [-0.4, -0.2) is 15.0 Å². The van der Waals surface area contributed by atoms with Gasteiger partial charge in [0.15, 0.2) is 0 Å². The van der Waals surface area contributed by atoms with Crippen LogP contribution in [0.3, 0.4) is 0 Å². The Hall–Kier alpha value is -1.30. The maximum absolute atomic E-state index is 3.95. The van der Waals surface area contributed by atoms with Crippen molar-refractivity contribution in [2.75, 3.05) is 0 Å². The topological polar surface area (TPSA) is 30.7 Å². The van der Waals surface area contributed by atoms with Crippen LogP contribution in [0.5, 0.6) is 0 Å². The van der Waals surface area contributed by atoms with Crippen LogP contribution in [-0.2, 0) is 6.54 Å². The summed E-state index contributed by atoms with van der Waals surface area (Å²) in [6.07, 6.45) is 13.9. The lowest BCUT2D eigenvalue weighted by molar-refractivity contribution is 0.512. The minimum Gasteiger partial charge on any atom is -0.253 e. The van der Waals surface area contributed by atoms with Crippen molar-refractivity contribution in [2.45, 2.75) is 64.8 Å². The monoisotopic (exact) mass is 233 g/mol. The lowest BCUT2D eigenvalue weighted by atomic mass is 10.1. The van der Waals surface area contributed by atoms with Gasteiger partial charge in [-0.3, -0.25) is 4.68 Å². The number of aryl methyl sites for hydroxylation is 1. The first-order valence-corrected chi connectivity index (χ1v) is 6.67. The lowest BCUT2D eigenvalue weighted by Crippen LogP contribution is -1.98. The minimum atomic E-state index is 1.01. The lowest BCUT2D eigenvalue weighted by Gasteiger charge is -2.01. The molecule has 0 aliphatic carbocycles. The number of unbranched alkanes of at least 4 members (excludes halogenated alkanes) is 7. The van der Waals surface area contributed by atoms with E-state index in [4.69, 9.17) is 0 Å². The highest BCUT2D eigenvalue weighted by atomic mass is 15.4. The zero-order chi connectivity index (χ0) is 12.2. The Morgan fingerprint density at radius 2 is 1.71 bits per heavy atom. The third kappa shape index (κ3) is 7.57. The summed E-state index contributed by atoms with van der Waals surface area (Å²) in [6.45, 7) is 2.92. The Labute approximate surface area is 105 Å². The second-order valence-corrected chi connectivity index (χ2v) is 4.32. The quantitative estimate of drug-likeness (QED) is 0.483. The van der Waals surface area contributed by atoms with Crippen molar-refractivity contribution < 1.29 is 0 Å². The molecule has 3 nitrogen and oxygen atoms in total. The molecule has 0 atom stereocenters. The van der Waals surface area contributed by atoms with Crippen molar-refractivity contribution in [1.82, 2.24) is 15.0 Å². The van der Waals surface area contributed by atoms with Crippen LogP contribution in [0.1, 0.15) is 58.3 Å². The van der Waals surface area contributed by atoms with E-state index in [2.05, 4.69) is 22.2 Å². The molecule has 0 aliphatic rings. The van der Waals surface area contributed by atoms with Crippen LogP contribution in [0.25, 0.3) is 0 Å². The van der Waals surface area contributed by atoms with Crippen molar-refractivity contribution in [1.29, 1.82) is 0 Å². The van der Waals surface area contributed by atoms with Gasteiger partial charge in [0.05, 0.1) is 6.20 Å². The van der Waals surface area contributed by atoms with E-state index in [0.29, 0.717) is 0 Å². The van der Waals surface area contributed by atoms with Gasteiger partial charge in [0.25, 0.3) is 0 Å². The molecule has 0 fully saturated rings. The molecule has 0 amide bonds. The molecule has 0 aromatic carbocycles. The molecule has 3 heteroatoms. The van der Waals surface area contributed by atoms with E-state index in [-0.39, 0.29) is 0 Å². The fourth-order valence-electron chi connectivity index (χ4n) is 1.85. The summed E-state index contributed by atoms with van der Waals surface area (Å²) in [5.41, 5.74) is 0. The fourth-order valence-corrected chi connectivity index (χ4v) is 1.85. The molecule has 1 aromatic rings. The van der Waals surface area contributed by atoms with E-state index in [1.165, 1.54) is 44.9 Å². The van der Waals surface area contributed by atoms with Crippen LogP contribution in [0.2, 0.25) is 0 Å². The highest BCUT2D eigenvalue weighted by molar-refractivity contribution is 4.94. The van der Waals surface area contributed by atoms with Gasteiger partial charge in [-0.25, -0.2) is 0 Å². The van der Waals surface area contributed by atoms with Gasteiger partial charge in [0.1, 0.15) is 0 Å². The van der Waals surface area contributed by atoms with Crippen LogP contribution < -0.4 is 0 Å². The molecule has 0 spiro atoms. The molecule has 17 heavy (non-hydrogen) atoms. The van der Waals surface area contributed by atoms with Crippen molar-refractivity contribution in [3.8, 4) is 11.8 Å². The van der Waals surface area contributed by atoms with Crippen LogP contribution in [0.15, 0.2) is 12.4 Å². The van der Waals surface area contributed by atoms with Gasteiger partial charge in [0.2, 0.25) is 0 Å². The molecule has 0 radical (unpaired) electrons. The van der Waals surface area contributed by atoms with Gasteiger partial charge in [-0.15, -0.1) is 16.9 Å². The van der Waals surface area contributed by atoms with Gasteiger partial charge in [-0.1, -0.05) is 37.3 Å². The SMILES string of the molecule is CC#CCCCCCCCCCn1ccnn1. The normalized spacial score (nSPS) is 9.94. The smallest absolute Gasteiger partial charge is 0.0692 e. The maximum Gasteiger partial charge on any atom is 0.0692 e. The number of hydrogen-bond acceptors (Lipinski definition) is 2. The molecule has 0 bridgehead atoms. The molecule has 0 saturated carbocycles. The van der Waals surface area contributed by atoms with Crippen molar-refractivity contribution in [3.05, 3.63) is 12.4 Å². The average molecular weight is 233 g/mol. The third-order valence-corrected chi connectivity index (χ3v) is 2.84. The molecule has 1 rings (SSSR count). The Balaban J connectivity index is 1.79. The Morgan fingerprint density at radius 1 is 1.00 bits per heavy atom. The first-order valence-electron chi connectivity index (χ1n) is 6.67. The van der Waals surface area contributed by atoms with Crippen molar-refractivity contribution in [2.24, 2.45) is 0 Å². The Bertz CT molecular complexity index is 319. The third-order valence-electron chi connectivity index (χ3n) is 2.84. The summed E-state index contributed by atoms with van der Waals surface area (Å²) < 4.78 is 1.91. The number of nitrogens with zero attached hydrogens (tertiary/aromatic N) is 3. The summed E-state index contributed by atoms with van der Waals surface area (Å²) in [7, 11) is 0. The molecule has 1 heterocycles. The van der Waals surface area contributed by atoms with E-state index >= 15 is 0 Å². The largest absolute Gasteiger partial charge is 0.253 e. The van der Waals surface area contributed by atoms with Gasteiger partial charge in [-0.05, 0) is 19.8 Å². The minimum absolute atomic E-state index is 1.01. The predicted molar refractivity (Wildman–Crippen MR) is 70.4 cm³/mol. The highest BCUT2D eigenvalue weighted by Gasteiger charge is 1.93. The van der Waals surface area contributed by atoms with E-state index < -0.39 is 0 Å². The summed E-state index contributed by atoms with van der Waals surface area (Å²) in [6, 6.07) is 0. The summed E-state index contributed by atoms with van der Waals surface area (Å²) in [5, 5.41) is 7.73. The molecule has 1 aromatic heterocycles. The summed E-state index contributed by atoms with van der Waals surface area (Å²) >= 11 is 0. The van der Waals surface area contributed by atoms with Gasteiger partial charge in [0, 0.05) is 19.2 Å². The van der Waals surface area contributed by atoms with E-state index in [0.717, 1.165) is 13.0 Å². The van der Waals surface area contributed by atoms with Gasteiger partial charge in [-0.2, -0.15) is 0 Å². The van der Waals surface area contributed by atoms with E-state index in [1.807, 2.05) is 17.8 Å². The molecular weight excluding hydrogens is 210 g/mol. The summed E-state index contributed by atoms with van der Waals surface area (Å²) in [5.74, 6) is 6.05. The van der Waals surface area contributed by atoms with Crippen LogP contribution in [0, 0.1) is 11.8 Å². The number of hydrogen-bond donors (Lipinski definition) is 0. The van der Waals surface area contributed by atoms with Crippen LogP contribution in [0.4, 0.5) is 0 Å².